The van der Waals surface area contributed by atoms with Gasteiger partial charge >= 0.3 is 6.03 Å². The monoisotopic (exact) mass is 537 g/mol. The molecule has 1 aliphatic rings. The summed E-state index contributed by atoms with van der Waals surface area (Å²) in [5.74, 6) is -0.222. The maximum atomic E-state index is 14.5. The Bertz CT molecular complexity index is 1080. The van der Waals surface area contributed by atoms with Gasteiger partial charge in [0.1, 0.15) is 11.6 Å². The van der Waals surface area contributed by atoms with Gasteiger partial charge in [0.2, 0.25) is 0 Å². The fraction of sp³-hybridized carbons (Fsp3) is 0.500. The molecule has 2 aromatic rings. The van der Waals surface area contributed by atoms with Crippen molar-refractivity contribution in [1.29, 1.82) is 0 Å². The lowest BCUT2D eigenvalue weighted by molar-refractivity contribution is 0.0617. The third-order valence-electron chi connectivity index (χ3n) is 5.69. The van der Waals surface area contributed by atoms with E-state index in [4.69, 9.17) is 4.42 Å². The molecule has 0 atom stereocenters. The van der Waals surface area contributed by atoms with E-state index in [9.17, 15) is 18.8 Å². The number of carbonyl (C=O) groups is 3. The summed E-state index contributed by atoms with van der Waals surface area (Å²) >= 11 is 0. The first kappa shape index (κ1) is 30.1. The van der Waals surface area contributed by atoms with Gasteiger partial charge < -0.3 is 25.3 Å². The molecule has 0 unspecified atom stereocenters. The maximum Gasteiger partial charge on any atom is 0.319 e. The van der Waals surface area contributed by atoms with E-state index in [2.05, 4.69) is 20.9 Å². The minimum atomic E-state index is -0.658. The molecule has 1 fully saturated rings. The Kier molecular flexibility index (Phi) is 10.9. The average molecular weight is 538 g/mol. The standard InChI is InChI=1S/C26H36FN5O4.ClH/c1-5-6-11-28-25(35)29-21-9-7-18(16-20(21)27)24(34)32-14-12-31(13-15-32)17-19-8-10-22(36-19)23(33)30-26(2,3)4;/h7-10,16H,5-6,11-15,17H2,1-4H3,(H,30,33)(H2,28,29,35);1H. The van der Waals surface area contributed by atoms with Crippen LogP contribution in [0.3, 0.4) is 0 Å². The van der Waals surface area contributed by atoms with Crippen LogP contribution in [0.5, 0.6) is 0 Å². The number of halogens is 2. The largest absolute Gasteiger partial charge is 0.455 e. The van der Waals surface area contributed by atoms with Crippen LogP contribution in [0.4, 0.5) is 14.9 Å². The van der Waals surface area contributed by atoms with E-state index in [-0.39, 0.29) is 46.8 Å². The molecule has 3 N–H and O–H groups in total. The second-order valence-electron chi connectivity index (χ2n) is 9.97. The molecule has 0 spiro atoms. The highest BCUT2D eigenvalue weighted by atomic mass is 35.5. The number of nitrogens with one attached hydrogen (secondary N) is 3. The zero-order valence-corrected chi connectivity index (χ0v) is 22.7. The molecule has 0 bridgehead atoms. The summed E-state index contributed by atoms with van der Waals surface area (Å²) in [7, 11) is 0. The van der Waals surface area contributed by atoms with Crippen molar-refractivity contribution in [3.05, 3.63) is 53.2 Å². The van der Waals surface area contributed by atoms with Gasteiger partial charge in [-0.05, 0) is 57.5 Å². The summed E-state index contributed by atoms with van der Waals surface area (Å²) < 4.78 is 20.2. The molecular weight excluding hydrogens is 501 g/mol. The van der Waals surface area contributed by atoms with Crippen LogP contribution in [-0.4, -0.2) is 65.9 Å². The van der Waals surface area contributed by atoms with Crippen LogP contribution in [0, 0.1) is 5.82 Å². The summed E-state index contributed by atoms with van der Waals surface area (Å²) in [5, 5.41) is 8.01. The summed E-state index contributed by atoms with van der Waals surface area (Å²) in [6.45, 7) is 11.0. The molecule has 37 heavy (non-hydrogen) atoms. The lowest BCUT2D eigenvalue weighted by atomic mass is 10.1. The summed E-state index contributed by atoms with van der Waals surface area (Å²) in [6, 6.07) is 7.06. The number of anilines is 1. The Balaban J connectivity index is 0.00000481. The summed E-state index contributed by atoms with van der Waals surface area (Å²) in [4.78, 5) is 40.8. The molecule has 204 valence electrons. The van der Waals surface area contributed by atoms with Crippen LogP contribution in [0.25, 0.3) is 0 Å². The number of hydrogen-bond acceptors (Lipinski definition) is 5. The molecule has 1 saturated heterocycles. The molecule has 1 aliphatic heterocycles. The second kappa shape index (κ2) is 13.4. The van der Waals surface area contributed by atoms with Crippen molar-refractivity contribution in [2.75, 3.05) is 38.0 Å². The van der Waals surface area contributed by atoms with Gasteiger partial charge in [0.05, 0.1) is 12.2 Å². The van der Waals surface area contributed by atoms with Crippen LogP contribution >= 0.6 is 12.4 Å². The lowest BCUT2D eigenvalue weighted by Crippen LogP contribution is -2.48. The fourth-order valence-corrected chi connectivity index (χ4v) is 3.79. The number of benzene rings is 1. The van der Waals surface area contributed by atoms with Gasteiger partial charge in [-0.2, -0.15) is 0 Å². The maximum absolute atomic E-state index is 14.5. The van der Waals surface area contributed by atoms with Crippen LogP contribution in [-0.2, 0) is 6.54 Å². The minimum absolute atomic E-state index is 0. The quantitative estimate of drug-likeness (QED) is 0.436. The van der Waals surface area contributed by atoms with Gasteiger partial charge in [0.25, 0.3) is 11.8 Å². The average Bonchev–Trinajstić information content (AvgIpc) is 3.28. The highest BCUT2D eigenvalue weighted by Crippen LogP contribution is 2.19. The van der Waals surface area contributed by atoms with Crippen LogP contribution in [0.15, 0.2) is 34.7 Å². The van der Waals surface area contributed by atoms with Crippen molar-refractivity contribution in [1.82, 2.24) is 20.4 Å². The normalized spacial score (nSPS) is 14.0. The van der Waals surface area contributed by atoms with Crippen LogP contribution < -0.4 is 16.0 Å². The smallest absolute Gasteiger partial charge is 0.319 e. The van der Waals surface area contributed by atoms with E-state index in [1.807, 2.05) is 27.7 Å². The molecule has 0 saturated carbocycles. The van der Waals surface area contributed by atoms with E-state index in [1.165, 1.54) is 12.1 Å². The Hall–Kier alpha value is -3.11. The first-order valence-electron chi connectivity index (χ1n) is 12.3. The number of rotatable bonds is 8. The first-order chi connectivity index (χ1) is 17.1. The molecule has 1 aromatic carbocycles. The topological polar surface area (TPSA) is 107 Å². The van der Waals surface area contributed by atoms with Gasteiger partial charge in [-0.15, -0.1) is 12.4 Å². The Morgan fingerprint density at radius 1 is 1.05 bits per heavy atom. The first-order valence-corrected chi connectivity index (χ1v) is 12.3. The number of piperazine rings is 1. The molecular formula is C26H37ClFN5O4. The van der Waals surface area contributed by atoms with Gasteiger partial charge in [-0.25, -0.2) is 9.18 Å². The Morgan fingerprint density at radius 2 is 1.76 bits per heavy atom. The van der Waals surface area contributed by atoms with Gasteiger partial charge in [-0.3, -0.25) is 14.5 Å². The lowest BCUT2D eigenvalue weighted by Gasteiger charge is -2.34. The van der Waals surface area contributed by atoms with E-state index < -0.39 is 11.8 Å². The van der Waals surface area contributed by atoms with Crippen molar-refractivity contribution in [2.45, 2.75) is 52.6 Å². The van der Waals surface area contributed by atoms with E-state index >= 15 is 0 Å². The SMILES string of the molecule is CCCCNC(=O)Nc1ccc(C(=O)N2CCN(Cc3ccc(C(=O)NC(C)(C)C)o3)CC2)cc1F.Cl. The van der Waals surface area contributed by atoms with Crippen molar-refractivity contribution in [3.8, 4) is 0 Å². The predicted molar refractivity (Wildman–Crippen MR) is 143 cm³/mol. The Morgan fingerprint density at radius 3 is 2.38 bits per heavy atom. The molecule has 4 amide bonds. The van der Waals surface area contributed by atoms with Gasteiger partial charge in [-0.1, -0.05) is 13.3 Å². The number of hydrogen-bond donors (Lipinski definition) is 3. The van der Waals surface area contributed by atoms with E-state index in [0.29, 0.717) is 45.0 Å². The van der Waals surface area contributed by atoms with Crippen LogP contribution in [0.1, 0.15) is 67.2 Å². The Labute approximate surface area is 223 Å². The van der Waals surface area contributed by atoms with E-state index in [1.54, 1.807) is 17.0 Å². The number of unbranched alkanes of at least 4 members (excludes halogenated alkanes) is 1. The molecule has 11 heteroatoms. The number of carbonyl (C=O) groups excluding carboxylic acids is 3. The number of amides is 4. The van der Waals surface area contributed by atoms with Crippen molar-refractivity contribution in [3.63, 3.8) is 0 Å². The molecule has 3 rings (SSSR count). The number of urea groups is 1. The summed E-state index contributed by atoms with van der Waals surface area (Å²) in [5.41, 5.74) is -0.0898. The fourth-order valence-electron chi connectivity index (χ4n) is 3.79. The third kappa shape index (κ3) is 9.05. The highest BCUT2D eigenvalue weighted by Gasteiger charge is 2.24. The zero-order valence-electron chi connectivity index (χ0n) is 21.9. The molecule has 1 aromatic heterocycles. The molecule has 0 radical (unpaired) electrons. The van der Waals surface area contributed by atoms with Gasteiger partial charge in [0, 0.05) is 43.8 Å². The van der Waals surface area contributed by atoms with Gasteiger partial charge in [0.15, 0.2) is 5.76 Å². The zero-order chi connectivity index (χ0) is 26.3. The molecule has 2 heterocycles. The van der Waals surface area contributed by atoms with Crippen molar-refractivity contribution < 1.29 is 23.2 Å². The number of furan rings is 1. The molecule has 9 nitrogen and oxygen atoms in total. The number of nitrogens with zero attached hydrogens (tertiary/aromatic N) is 2. The predicted octanol–water partition coefficient (Wildman–Crippen LogP) is 4.25. The van der Waals surface area contributed by atoms with Crippen molar-refractivity contribution >= 4 is 35.9 Å². The minimum Gasteiger partial charge on any atom is -0.455 e. The summed E-state index contributed by atoms with van der Waals surface area (Å²) in [6.07, 6.45) is 1.79. The third-order valence-corrected chi connectivity index (χ3v) is 5.69. The molecule has 0 aliphatic carbocycles. The van der Waals surface area contributed by atoms with Crippen molar-refractivity contribution in [2.24, 2.45) is 0 Å². The van der Waals surface area contributed by atoms with Crippen LogP contribution in [0.2, 0.25) is 0 Å². The second-order valence-corrected chi connectivity index (χ2v) is 9.97. The van der Waals surface area contributed by atoms with E-state index in [0.717, 1.165) is 18.9 Å². The highest BCUT2D eigenvalue weighted by molar-refractivity contribution is 5.96.